The van der Waals surface area contributed by atoms with Crippen molar-refractivity contribution in [3.63, 3.8) is 0 Å². The van der Waals surface area contributed by atoms with E-state index in [0.717, 1.165) is 23.4 Å². The number of benzene rings is 1. The van der Waals surface area contributed by atoms with Gasteiger partial charge in [0.15, 0.2) is 0 Å². The van der Waals surface area contributed by atoms with E-state index in [9.17, 15) is 10.1 Å². The third-order valence-electron chi connectivity index (χ3n) is 2.55. The van der Waals surface area contributed by atoms with Crippen LogP contribution in [-0.2, 0) is 6.42 Å². The number of aryl methyl sites for hydroxylation is 1. The summed E-state index contributed by atoms with van der Waals surface area (Å²) >= 11 is 0. The van der Waals surface area contributed by atoms with Crippen molar-refractivity contribution in [2.75, 3.05) is 11.9 Å². The van der Waals surface area contributed by atoms with E-state index < -0.39 is 0 Å². The van der Waals surface area contributed by atoms with Crippen LogP contribution in [0.5, 0.6) is 0 Å². The second-order valence-electron chi connectivity index (χ2n) is 4.07. The molecule has 2 N–H and O–H groups in total. The van der Waals surface area contributed by atoms with Crippen LogP contribution in [0.25, 0.3) is 0 Å². The highest BCUT2D eigenvalue weighted by molar-refractivity contribution is 5.53. The maximum absolute atomic E-state index is 10.7. The van der Waals surface area contributed by atoms with E-state index in [1.54, 1.807) is 24.7 Å². The van der Waals surface area contributed by atoms with Crippen molar-refractivity contribution in [1.82, 2.24) is 9.97 Å². The molecule has 1 aromatic heterocycles. The molecule has 18 heavy (non-hydrogen) atoms. The first kappa shape index (κ1) is 12.1. The number of H-pyrrole nitrogens is 1. The summed E-state index contributed by atoms with van der Waals surface area (Å²) in [4.78, 5) is 17.3. The van der Waals surface area contributed by atoms with Crippen molar-refractivity contribution in [1.29, 1.82) is 0 Å². The molecule has 6 nitrogen and oxygen atoms in total. The standard InChI is InChI=1S/C12H14N4O2/c1-9-4-11(6-12(5-9)16(17)18)14-3-2-10-7-13-8-15-10/h4-8,14H,2-3H2,1H3,(H,13,15). The van der Waals surface area contributed by atoms with Gasteiger partial charge in [-0.05, 0) is 18.6 Å². The highest BCUT2D eigenvalue weighted by Gasteiger charge is 2.07. The fraction of sp³-hybridized carbons (Fsp3) is 0.250. The van der Waals surface area contributed by atoms with Crippen LogP contribution in [0.2, 0.25) is 0 Å². The van der Waals surface area contributed by atoms with Gasteiger partial charge >= 0.3 is 0 Å². The van der Waals surface area contributed by atoms with E-state index >= 15 is 0 Å². The van der Waals surface area contributed by atoms with Crippen LogP contribution in [0.15, 0.2) is 30.7 Å². The van der Waals surface area contributed by atoms with Crippen molar-refractivity contribution < 1.29 is 4.92 Å². The molecule has 0 fully saturated rings. The fourth-order valence-corrected chi connectivity index (χ4v) is 1.73. The average Bonchev–Trinajstić information content (AvgIpc) is 2.81. The lowest BCUT2D eigenvalue weighted by molar-refractivity contribution is -0.384. The number of aromatic nitrogens is 2. The quantitative estimate of drug-likeness (QED) is 0.626. The zero-order chi connectivity index (χ0) is 13.0. The lowest BCUT2D eigenvalue weighted by atomic mass is 10.2. The molecule has 0 bridgehead atoms. The lowest BCUT2D eigenvalue weighted by Crippen LogP contribution is -2.05. The monoisotopic (exact) mass is 246 g/mol. The number of nitro benzene ring substituents is 1. The minimum absolute atomic E-state index is 0.110. The second kappa shape index (κ2) is 5.31. The molecule has 0 aliphatic rings. The molecule has 6 heteroatoms. The van der Waals surface area contributed by atoms with Crippen LogP contribution < -0.4 is 5.32 Å². The van der Waals surface area contributed by atoms with E-state index in [0.29, 0.717) is 6.54 Å². The molecule has 1 heterocycles. The Balaban J connectivity index is 1.98. The van der Waals surface area contributed by atoms with Crippen LogP contribution in [0, 0.1) is 17.0 Å². The van der Waals surface area contributed by atoms with E-state index in [-0.39, 0.29) is 10.6 Å². The molecule has 0 saturated carbocycles. The predicted molar refractivity (Wildman–Crippen MR) is 68.6 cm³/mol. The molecule has 0 atom stereocenters. The van der Waals surface area contributed by atoms with Crippen LogP contribution in [0.1, 0.15) is 11.3 Å². The van der Waals surface area contributed by atoms with E-state index in [2.05, 4.69) is 15.3 Å². The Morgan fingerprint density at radius 3 is 2.94 bits per heavy atom. The number of rotatable bonds is 5. The molecule has 0 amide bonds. The van der Waals surface area contributed by atoms with Crippen LogP contribution in [0.3, 0.4) is 0 Å². The summed E-state index contributed by atoms with van der Waals surface area (Å²) in [5, 5.41) is 13.9. The number of hydrogen-bond acceptors (Lipinski definition) is 4. The van der Waals surface area contributed by atoms with Gasteiger partial charge in [-0.15, -0.1) is 0 Å². The summed E-state index contributed by atoms with van der Waals surface area (Å²) in [6.45, 7) is 2.54. The first-order valence-electron chi connectivity index (χ1n) is 5.62. The van der Waals surface area contributed by atoms with E-state index in [4.69, 9.17) is 0 Å². The van der Waals surface area contributed by atoms with Crippen LogP contribution >= 0.6 is 0 Å². The Morgan fingerprint density at radius 2 is 2.28 bits per heavy atom. The summed E-state index contributed by atoms with van der Waals surface area (Å²) in [5.74, 6) is 0. The van der Waals surface area contributed by atoms with Crippen molar-refractivity contribution in [3.05, 3.63) is 52.1 Å². The molecule has 2 rings (SSSR count). The average molecular weight is 246 g/mol. The fourth-order valence-electron chi connectivity index (χ4n) is 1.73. The number of hydrogen-bond donors (Lipinski definition) is 2. The van der Waals surface area contributed by atoms with Gasteiger partial charge < -0.3 is 10.3 Å². The number of nitro groups is 1. The molecular weight excluding hydrogens is 232 g/mol. The van der Waals surface area contributed by atoms with Gasteiger partial charge in [-0.1, -0.05) is 0 Å². The highest BCUT2D eigenvalue weighted by Crippen LogP contribution is 2.20. The van der Waals surface area contributed by atoms with Gasteiger partial charge in [0.25, 0.3) is 5.69 Å². The molecule has 2 aromatic rings. The molecule has 0 radical (unpaired) electrons. The molecule has 1 aromatic carbocycles. The Morgan fingerprint density at radius 1 is 1.44 bits per heavy atom. The minimum Gasteiger partial charge on any atom is -0.384 e. The van der Waals surface area contributed by atoms with Crippen molar-refractivity contribution in [2.45, 2.75) is 13.3 Å². The normalized spacial score (nSPS) is 10.3. The molecule has 0 spiro atoms. The topological polar surface area (TPSA) is 83.8 Å². The third kappa shape index (κ3) is 3.07. The molecule has 0 aliphatic heterocycles. The Kier molecular flexibility index (Phi) is 3.57. The van der Waals surface area contributed by atoms with Crippen molar-refractivity contribution in [2.24, 2.45) is 0 Å². The van der Waals surface area contributed by atoms with Gasteiger partial charge in [0.05, 0.1) is 11.3 Å². The number of aromatic amines is 1. The van der Waals surface area contributed by atoms with Gasteiger partial charge in [0, 0.05) is 42.7 Å². The number of nitrogens with one attached hydrogen (secondary N) is 2. The highest BCUT2D eigenvalue weighted by atomic mass is 16.6. The summed E-state index contributed by atoms with van der Waals surface area (Å²) in [6, 6.07) is 4.99. The maximum Gasteiger partial charge on any atom is 0.271 e. The maximum atomic E-state index is 10.7. The van der Waals surface area contributed by atoms with Crippen molar-refractivity contribution >= 4 is 11.4 Å². The van der Waals surface area contributed by atoms with E-state index in [1.807, 2.05) is 13.0 Å². The van der Waals surface area contributed by atoms with Crippen LogP contribution in [-0.4, -0.2) is 21.4 Å². The molecule has 0 aliphatic carbocycles. The SMILES string of the molecule is Cc1cc(NCCc2cnc[nH]2)cc([N+](=O)[O-])c1. The second-order valence-corrected chi connectivity index (χ2v) is 4.07. The number of imidazole rings is 1. The Bertz CT molecular complexity index is 537. The predicted octanol–water partition coefficient (Wildman–Crippen LogP) is 2.28. The molecule has 94 valence electrons. The summed E-state index contributed by atoms with van der Waals surface area (Å²) in [5.41, 5.74) is 2.78. The van der Waals surface area contributed by atoms with Gasteiger partial charge in [-0.3, -0.25) is 10.1 Å². The summed E-state index contributed by atoms with van der Waals surface area (Å²) < 4.78 is 0. The smallest absolute Gasteiger partial charge is 0.271 e. The van der Waals surface area contributed by atoms with Gasteiger partial charge in [0.1, 0.15) is 0 Å². The van der Waals surface area contributed by atoms with Crippen molar-refractivity contribution in [3.8, 4) is 0 Å². The number of non-ortho nitro benzene ring substituents is 1. The largest absolute Gasteiger partial charge is 0.384 e. The van der Waals surface area contributed by atoms with E-state index in [1.165, 1.54) is 0 Å². The lowest BCUT2D eigenvalue weighted by Gasteiger charge is -2.06. The number of nitrogens with zero attached hydrogens (tertiary/aromatic N) is 2. The Hall–Kier alpha value is -2.37. The van der Waals surface area contributed by atoms with Gasteiger partial charge in [0.2, 0.25) is 0 Å². The molecular formula is C12H14N4O2. The molecule has 0 unspecified atom stereocenters. The van der Waals surface area contributed by atoms with Gasteiger partial charge in [-0.25, -0.2) is 4.98 Å². The minimum atomic E-state index is -0.382. The summed E-state index contributed by atoms with van der Waals surface area (Å²) in [7, 11) is 0. The zero-order valence-electron chi connectivity index (χ0n) is 10.0. The third-order valence-corrected chi connectivity index (χ3v) is 2.55. The van der Waals surface area contributed by atoms with Gasteiger partial charge in [-0.2, -0.15) is 0 Å². The Labute approximate surface area is 104 Å². The molecule has 0 saturated heterocycles. The summed E-state index contributed by atoms with van der Waals surface area (Å²) in [6.07, 6.45) is 4.19. The zero-order valence-corrected chi connectivity index (χ0v) is 10.0. The first-order valence-corrected chi connectivity index (χ1v) is 5.62. The first-order chi connectivity index (χ1) is 8.65. The number of anilines is 1. The van der Waals surface area contributed by atoms with Crippen LogP contribution in [0.4, 0.5) is 11.4 Å².